The number of halogens is 1. The van der Waals surface area contributed by atoms with Crippen LogP contribution in [0.1, 0.15) is 31.4 Å². The van der Waals surface area contributed by atoms with Gasteiger partial charge in [-0.05, 0) is 38.0 Å². The van der Waals surface area contributed by atoms with E-state index in [1.165, 1.54) is 0 Å². The maximum Gasteiger partial charge on any atom is 0.139 e. The molecule has 0 spiro atoms. The Morgan fingerprint density at radius 3 is 2.62 bits per heavy atom. The molecule has 0 amide bonds. The highest BCUT2D eigenvalue weighted by atomic mass is 35.5. The third kappa shape index (κ3) is 3.85. The molecule has 2 N–H and O–H groups in total. The summed E-state index contributed by atoms with van der Waals surface area (Å²) in [5.41, 5.74) is 3.12. The minimum atomic E-state index is 0.687. The molecule has 1 heterocycles. The Morgan fingerprint density at radius 1 is 1.14 bits per heavy atom. The van der Waals surface area contributed by atoms with Gasteiger partial charge in [-0.3, -0.25) is 0 Å². The molecule has 2 aromatic rings. The summed E-state index contributed by atoms with van der Waals surface area (Å²) in [5.74, 6) is 1.70. The number of hydrogen-bond acceptors (Lipinski definition) is 4. The third-order valence-electron chi connectivity index (χ3n) is 3.16. The van der Waals surface area contributed by atoms with E-state index in [-0.39, 0.29) is 0 Å². The third-order valence-corrected chi connectivity index (χ3v) is 3.49. The maximum atomic E-state index is 6.25. The zero-order valence-corrected chi connectivity index (χ0v) is 13.5. The molecular formula is C16H21ClN4. The van der Waals surface area contributed by atoms with Crippen molar-refractivity contribution in [2.45, 2.75) is 33.6 Å². The molecule has 4 nitrogen and oxygen atoms in total. The van der Waals surface area contributed by atoms with Crippen LogP contribution in [0.5, 0.6) is 0 Å². The molecule has 0 saturated heterocycles. The molecular weight excluding hydrogens is 284 g/mol. The number of nitrogens with one attached hydrogen (secondary N) is 2. The van der Waals surface area contributed by atoms with Crippen molar-refractivity contribution >= 4 is 28.9 Å². The molecule has 21 heavy (non-hydrogen) atoms. The summed E-state index contributed by atoms with van der Waals surface area (Å²) in [7, 11) is 0. The predicted octanol–water partition coefficient (Wildman–Crippen LogP) is 4.57. The van der Waals surface area contributed by atoms with Crippen LogP contribution in [0.2, 0.25) is 5.02 Å². The molecule has 0 aliphatic carbocycles. The average Bonchev–Trinajstić information content (AvgIpc) is 2.46. The number of benzene rings is 1. The zero-order valence-electron chi connectivity index (χ0n) is 12.7. The van der Waals surface area contributed by atoms with E-state index in [0.717, 1.165) is 47.8 Å². The maximum absolute atomic E-state index is 6.25. The highest BCUT2D eigenvalue weighted by Crippen LogP contribution is 2.29. The molecule has 112 valence electrons. The summed E-state index contributed by atoms with van der Waals surface area (Å²) in [6.07, 6.45) is 3.51. The second kappa shape index (κ2) is 7.27. The van der Waals surface area contributed by atoms with Gasteiger partial charge in [-0.25, -0.2) is 9.97 Å². The molecule has 0 saturated carbocycles. The predicted molar refractivity (Wildman–Crippen MR) is 89.7 cm³/mol. The van der Waals surface area contributed by atoms with Gasteiger partial charge in [0.1, 0.15) is 18.0 Å². The van der Waals surface area contributed by atoms with Gasteiger partial charge in [0, 0.05) is 12.1 Å². The second-order valence-corrected chi connectivity index (χ2v) is 5.35. The molecule has 1 aromatic carbocycles. The molecule has 0 aliphatic heterocycles. The van der Waals surface area contributed by atoms with Crippen molar-refractivity contribution in [2.24, 2.45) is 0 Å². The molecule has 0 bridgehead atoms. The molecule has 0 aliphatic rings. The lowest BCUT2D eigenvalue weighted by molar-refractivity contribution is 0.902. The Balaban J connectivity index is 2.38. The van der Waals surface area contributed by atoms with E-state index in [2.05, 4.69) is 34.4 Å². The van der Waals surface area contributed by atoms with Crippen molar-refractivity contribution in [3.05, 3.63) is 40.7 Å². The first-order valence-electron chi connectivity index (χ1n) is 7.26. The normalized spacial score (nSPS) is 10.5. The highest BCUT2D eigenvalue weighted by Gasteiger charge is 2.11. The van der Waals surface area contributed by atoms with Crippen molar-refractivity contribution in [1.29, 1.82) is 0 Å². The second-order valence-electron chi connectivity index (χ2n) is 4.94. The monoisotopic (exact) mass is 304 g/mol. The topological polar surface area (TPSA) is 49.8 Å². The van der Waals surface area contributed by atoms with Crippen molar-refractivity contribution in [3.8, 4) is 0 Å². The summed E-state index contributed by atoms with van der Waals surface area (Å²) in [5, 5.41) is 7.32. The Morgan fingerprint density at radius 2 is 1.90 bits per heavy atom. The lowest BCUT2D eigenvalue weighted by Crippen LogP contribution is -2.08. The first kappa shape index (κ1) is 15.6. The summed E-state index contributed by atoms with van der Waals surface area (Å²) in [6.45, 7) is 7.07. The minimum absolute atomic E-state index is 0.687. The van der Waals surface area contributed by atoms with Gasteiger partial charge in [0.2, 0.25) is 0 Å². The van der Waals surface area contributed by atoms with Gasteiger partial charge in [-0.15, -0.1) is 0 Å². The fourth-order valence-corrected chi connectivity index (χ4v) is 2.35. The van der Waals surface area contributed by atoms with Gasteiger partial charge in [0.15, 0.2) is 0 Å². The van der Waals surface area contributed by atoms with Crippen LogP contribution in [-0.2, 0) is 6.42 Å². The quantitative estimate of drug-likeness (QED) is 0.821. The van der Waals surface area contributed by atoms with E-state index in [1.54, 1.807) is 6.33 Å². The van der Waals surface area contributed by atoms with Gasteiger partial charge in [0.25, 0.3) is 0 Å². The Labute approximate surface area is 131 Å². The molecule has 0 fully saturated rings. The van der Waals surface area contributed by atoms with Crippen LogP contribution in [0.25, 0.3) is 0 Å². The van der Waals surface area contributed by atoms with Crippen LogP contribution >= 0.6 is 11.6 Å². The Kier molecular flexibility index (Phi) is 5.39. The summed E-state index contributed by atoms with van der Waals surface area (Å²) in [6, 6.07) is 5.91. The van der Waals surface area contributed by atoms with Crippen molar-refractivity contribution in [1.82, 2.24) is 9.97 Å². The van der Waals surface area contributed by atoms with Crippen LogP contribution in [0.3, 0.4) is 0 Å². The van der Waals surface area contributed by atoms with Crippen molar-refractivity contribution in [3.63, 3.8) is 0 Å². The Hall–Kier alpha value is -1.81. The molecule has 0 radical (unpaired) electrons. The van der Waals surface area contributed by atoms with Crippen LogP contribution in [0.15, 0.2) is 24.5 Å². The molecule has 0 atom stereocenters. The van der Waals surface area contributed by atoms with E-state index >= 15 is 0 Å². The van der Waals surface area contributed by atoms with E-state index in [4.69, 9.17) is 11.6 Å². The van der Waals surface area contributed by atoms with Crippen LogP contribution in [0.4, 0.5) is 17.3 Å². The van der Waals surface area contributed by atoms with Crippen molar-refractivity contribution < 1.29 is 0 Å². The number of anilines is 3. The molecule has 1 aromatic heterocycles. The average molecular weight is 305 g/mol. The van der Waals surface area contributed by atoms with Gasteiger partial charge >= 0.3 is 0 Å². The first-order chi connectivity index (χ1) is 10.2. The van der Waals surface area contributed by atoms with E-state index in [9.17, 15) is 0 Å². The molecule has 5 heteroatoms. The largest absolute Gasteiger partial charge is 0.370 e. The van der Waals surface area contributed by atoms with Crippen LogP contribution < -0.4 is 10.6 Å². The SMILES string of the molecule is CCCc1c(NCC)ncnc1Nc1cc(C)ccc1Cl. The lowest BCUT2D eigenvalue weighted by atomic mass is 10.1. The number of nitrogens with zero attached hydrogens (tertiary/aromatic N) is 2. The fourth-order valence-electron chi connectivity index (χ4n) is 2.19. The van der Waals surface area contributed by atoms with Gasteiger partial charge in [-0.1, -0.05) is 31.0 Å². The zero-order chi connectivity index (χ0) is 15.2. The van der Waals surface area contributed by atoms with E-state index < -0.39 is 0 Å². The van der Waals surface area contributed by atoms with Gasteiger partial charge < -0.3 is 10.6 Å². The molecule has 0 unspecified atom stereocenters. The smallest absolute Gasteiger partial charge is 0.139 e. The van der Waals surface area contributed by atoms with Gasteiger partial charge in [0.05, 0.1) is 10.7 Å². The summed E-state index contributed by atoms with van der Waals surface area (Å²) < 4.78 is 0. The molecule has 2 rings (SSSR count). The van der Waals surface area contributed by atoms with Gasteiger partial charge in [-0.2, -0.15) is 0 Å². The van der Waals surface area contributed by atoms with Crippen molar-refractivity contribution in [2.75, 3.05) is 17.2 Å². The number of rotatable bonds is 6. The first-order valence-corrected chi connectivity index (χ1v) is 7.64. The van der Waals surface area contributed by atoms with Crippen LogP contribution in [-0.4, -0.2) is 16.5 Å². The summed E-state index contributed by atoms with van der Waals surface area (Å²) >= 11 is 6.25. The fraction of sp³-hybridized carbons (Fsp3) is 0.375. The van der Waals surface area contributed by atoms with Crippen LogP contribution in [0, 0.1) is 6.92 Å². The number of aryl methyl sites for hydroxylation is 1. The van der Waals surface area contributed by atoms with E-state index in [1.807, 2.05) is 25.1 Å². The minimum Gasteiger partial charge on any atom is -0.370 e. The summed E-state index contributed by atoms with van der Waals surface area (Å²) in [4.78, 5) is 8.72. The number of hydrogen-bond donors (Lipinski definition) is 2. The lowest BCUT2D eigenvalue weighted by Gasteiger charge is -2.15. The Bertz CT molecular complexity index is 613. The van der Waals surface area contributed by atoms with E-state index in [0.29, 0.717) is 5.02 Å². The highest BCUT2D eigenvalue weighted by molar-refractivity contribution is 6.33. The standard InChI is InChI=1S/C16H21ClN4/c1-4-6-12-15(18-5-2)19-10-20-16(12)21-14-9-11(3)7-8-13(14)17/h7-10H,4-6H2,1-3H3,(H2,18,19,20,21). The number of aromatic nitrogens is 2.